The fraction of sp³-hybridized carbons (Fsp3) is 0.412. The highest BCUT2D eigenvalue weighted by Gasteiger charge is 2.47. The number of carbonyl (C=O) groups excluding carboxylic acids is 1. The van der Waals surface area contributed by atoms with Crippen LogP contribution in [-0.2, 0) is 4.74 Å². The van der Waals surface area contributed by atoms with Crippen LogP contribution in [0.4, 0.5) is 19.0 Å². The molecule has 2 heterocycles. The largest absolute Gasteiger partial charge is 0.410 e. The number of fused-ring (bicyclic) bond motifs is 1. The Hall–Kier alpha value is -2.26. The van der Waals surface area contributed by atoms with Crippen LogP contribution in [0.3, 0.4) is 0 Å². The summed E-state index contributed by atoms with van der Waals surface area (Å²) >= 11 is 6.21. The highest BCUT2D eigenvalue weighted by molar-refractivity contribution is 6.36. The van der Waals surface area contributed by atoms with E-state index in [-0.39, 0.29) is 36.1 Å². The van der Waals surface area contributed by atoms with Crippen LogP contribution >= 0.6 is 11.6 Å². The van der Waals surface area contributed by atoms with Gasteiger partial charge in [0.05, 0.1) is 12.6 Å². The molecule has 146 valence electrons. The van der Waals surface area contributed by atoms with Crippen LogP contribution in [0.25, 0.3) is 0 Å². The Morgan fingerprint density at radius 2 is 2.11 bits per heavy atom. The van der Waals surface area contributed by atoms with Crippen LogP contribution in [0.15, 0.2) is 30.3 Å². The summed E-state index contributed by atoms with van der Waals surface area (Å²) in [5.74, 6) is -0.672. The number of halogens is 4. The minimum absolute atomic E-state index is 0.0176. The van der Waals surface area contributed by atoms with Crippen LogP contribution in [0.2, 0.25) is 5.02 Å². The number of alkyl halides is 3. The van der Waals surface area contributed by atoms with Gasteiger partial charge in [-0.3, -0.25) is 4.79 Å². The number of nitrogens with one attached hydrogen (secondary N) is 2. The summed E-state index contributed by atoms with van der Waals surface area (Å²) in [4.78, 5) is 12.2. The molecule has 1 aliphatic rings. The lowest BCUT2D eigenvalue weighted by atomic mass is 9.97. The molecular formula is C17H18ClF3N4O2. The Morgan fingerprint density at radius 1 is 1.41 bits per heavy atom. The molecule has 0 unspecified atom stereocenters. The average molecular weight is 403 g/mol. The van der Waals surface area contributed by atoms with Gasteiger partial charge in [-0.15, -0.1) is 0 Å². The van der Waals surface area contributed by atoms with Crippen molar-refractivity contribution >= 4 is 23.3 Å². The van der Waals surface area contributed by atoms with Crippen molar-refractivity contribution in [2.75, 3.05) is 25.6 Å². The molecule has 0 saturated heterocycles. The first-order valence-electron chi connectivity index (χ1n) is 8.26. The van der Waals surface area contributed by atoms with Crippen LogP contribution < -0.4 is 10.6 Å². The van der Waals surface area contributed by atoms with E-state index in [2.05, 4.69) is 15.7 Å². The summed E-state index contributed by atoms with van der Waals surface area (Å²) in [7, 11) is 1.47. The second kappa shape index (κ2) is 7.77. The molecule has 27 heavy (non-hydrogen) atoms. The first kappa shape index (κ1) is 19.5. The van der Waals surface area contributed by atoms with Gasteiger partial charge in [-0.2, -0.15) is 18.3 Å². The summed E-state index contributed by atoms with van der Waals surface area (Å²) in [6.07, 6.45) is -4.80. The number of hydrogen-bond donors (Lipinski definition) is 2. The Balaban J connectivity index is 1.96. The Labute approximate surface area is 158 Å². The highest BCUT2D eigenvalue weighted by atomic mass is 35.5. The average Bonchev–Trinajstić information content (AvgIpc) is 2.98. The van der Waals surface area contributed by atoms with Crippen molar-refractivity contribution < 1.29 is 22.7 Å². The molecule has 0 bridgehead atoms. The van der Waals surface area contributed by atoms with Gasteiger partial charge >= 0.3 is 6.18 Å². The van der Waals surface area contributed by atoms with Crippen LogP contribution in [0, 0.1) is 0 Å². The number of benzene rings is 1. The third-order valence-corrected chi connectivity index (χ3v) is 4.66. The monoisotopic (exact) mass is 402 g/mol. The Bertz CT molecular complexity index is 811. The summed E-state index contributed by atoms with van der Waals surface area (Å²) in [6, 6.07) is 6.27. The molecule has 2 aromatic rings. The molecule has 0 spiro atoms. The van der Waals surface area contributed by atoms with Gasteiger partial charge in [0.1, 0.15) is 10.8 Å². The summed E-state index contributed by atoms with van der Waals surface area (Å²) in [5.41, 5.74) is 0.444. The number of hydrogen-bond acceptors (Lipinski definition) is 4. The zero-order valence-electron chi connectivity index (χ0n) is 14.4. The van der Waals surface area contributed by atoms with E-state index in [0.29, 0.717) is 5.56 Å². The molecule has 0 aliphatic carbocycles. The van der Waals surface area contributed by atoms with Crippen molar-refractivity contribution in [3.8, 4) is 0 Å². The summed E-state index contributed by atoms with van der Waals surface area (Å²) < 4.78 is 46.5. The number of amides is 1. The number of carbonyl (C=O) groups is 1. The van der Waals surface area contributed by atoms with E-state index in [9.17, 15) is 18.0 Å². The van der Waals surface area contributed by atoms with Gasteiger partial charge in [-0.25, -0.2) is 4.68 Å². The minimum Gasteiger partial charge on any atom is -0.383 e. The molecule has 1 amide bonds. The maximum Gasteiger partial charge on any atom is 0.410 e. The lowest BCUT2D eigenvalue weighted by Crippen LogP contribution is -2.36. The fourth-order valence-corrected chi connectivity index (χ4v) is 3.25. The minimum atomic E-state index is -4.54. The zero-order chi connectivity index (χ0) is 19.6. The van der Waals surface area contributed by atoms with E-state index in [4.69, 9.17) is 16.3 Å². The quantitative estimate of drug-likeness (QED) is 0.750. The first-order valence-corrected chi connectivity index (χ1v) is 8.64. The van der Waals surface area contributed by atoms with Crippen LogP contribution in [0.1, 0.15) is 34.6 Å². The van der Waals surface area contributed by atoms with Gasteiger partial charge in [-0.05, 0) is 5.56 Å². The number of ether oxygens (including phenoxy) is 1. The van der Waals surface area contributed by atoms with E-state index < -0.39 is 24.2 Å². The molecule has 2 N–H and O–H groups in total. The second-order valence-corrected chi connectivity index (χ2v) is 6.48. The molecular weight excluding hydrogens is 385 g/mol. The van der Waals surface area contributed by atoms with E-state index in [1.807, 2.05) is 0 Å². The lowest BCUT2D eigenvalue weighted by molar-refractivity contribution is -0.173. The maximum absolute atomic E-state index is 13.7. The summed E-state index contributed by atoms with van der Waals surface area (Å²) in [6.45, 7) is 0.451. The van der Waals surface area contributed by atoms with Gasteiger partial charge < -0.3 is 15.4 Å². The lowest BCUT2D eigenvalue weighted by Gasteiger charge is -2.33. The van der Waals surface area contributed by atoms with Crippen molar-refractivity contribution in [1.29, 1.82) is 0 Å². The van der Waals surface area contributed by atoms with Crippen molar-refractivity contribution in [1.82, 2.24) is 15.1 Å². The molecule has 1 aromatic heterocycles. The second-order valence-electron chi connectivity index (χ2n) is 6.11. The van der Waals surface area contributed by atoms with Crippen LogP contribution in [-0.4, -0.2) is 42.1 Å². The van der Waals surface area contributed by atoms with Crippen molar-refractivity contribution in [3.63, 3.8) is 0 Å². The number of aromatic nitrogens is 2. The smallest absolute Gasteiger partial charge is 0.383 e. The van der Waals surface area contributed by atoms with Gasteiger partial charge in [0, 0.05) is 20.1 Å². The number of nitrogens with zero attached hydrogens (tertiary/aromatic N) is 2. The van der Waals surface area contributed by atoms with Crippen molar-refractivity contribution in [2.45, 2.75) is 24.7 Å². The molecule has 0 fully saturated rings. The van der Waals surface area contributed by atoms with E-state index in [1.54, 1.807) is 30.3 Å². The molecule has 6 nitrogen and oxygen atoms in total. The number of methoxy groups -OCH3 is 1. The Kier molecular flexibility index (Phi) is 5.61. The normalized spacial score (nSPS) is 19.3. The molecule has 1 aliphatic heterocycles. The van der Waals surface area contributed by atoms with Crippen molar-refractivity contribution in [3.05, 3.63) is 46.6 Å². The van der Waals surface area contributed by atoms with Gasteiger partial charge in [0.15, 0.2) is 11.7 Å². The van der Waals surface area contributed by atoms with Gasteiger partial charge in [-0.1, -0.05) is 41.9 Å². The predicted octanol–water partition coefficient (Wildman–Crippen LogP) is 3.57. The fourth-order valence-electron chi connectivity index (χ4n) is 2.99. The van der Waals surface area contributed by atoms with Crippen LogP contribution in [0.5, 0.6) is 0 Å². The SMILES string of the molecule is COCCNC(=O)c1nn2c(c1Cl)N[C@H](c1ccccc1)C[C@H]2C(F)(F)F. The first-order chi connectivity index (χ1) is 12.8. The van der Waals surface area contributed by atoms with E-state index in [1.165, 1.54) is 7.11 Å². The third kappa shape index (κ3) is 4.03. The summed E-state index contributed by atoms with van der Waals surface area (Å²) in [5, 5.41) is 9.22. The molecule has 0 radical (unpaired) electrons. The zero-order valence-corrected chi connectivity index (χ0v) is 15.1. The third-order valence-electron chi connectivity index (χ3n) is 4.30. The molecule has 10 heteroatoms. The molecule has 2 atom stereocenters. The van der Waals surface area contributed by atoms with E-state index in [0.717, 1.165) is 4.68 Å². The van der Waals surface area contributed by atoms with Gasteiger partial charge in [0.2, 0.25) is 0 Å². The van der Waals surface area contributed by atoms with Crippen molar-refractivity contribution in [2.24, 2.45) is 0 Å². The number of anilines is 1. The maximum atomic E-state index is 13.7. The molecule has 3 rings (SSSR count). The highest BCUT2D eigenvalue weighted by Crippen LogP contribution is 2.46. The standard InChI is InChI=1S/C17H18ClF3N4O2/c1-27-8-7-22-16(26)14-13(18)15-23-11(10-5-3-2-4-6-10)9-12(17(19,20)21)25(15)24-14/h2-6,11-12,23H,7-9H2,1H3,(H,22,26)/t11-,12-/m0/s1. The predicted molar refractivity (Wildman–Crippen MR) is 94.0 cm³/mol. The van der Waals surface area contributed by atoms with E-state index >= 15 is 0 Å². The molecule has 1 aromatic carbocycles. The number of rotatable bonds is 5. The molecule has 0 saturated carbocycles. The topological polar surface area (TPSA) is 68.2 Å². The Morgan fingerprint density at radius 3 is 2.74 bits per heavy atom. The van der Waals surface area contributed by atoms with Gasteiger partial charge in [0.25, 0.3) is 5.91 Å².